The minimum absolute atomic E-state index is 0.0149. The maximum absolute atomic E-state index is 14.5. The first-order valence-electron chi connectivity index (χ1n) is 13.3. The van der Waals surface area contributed by atoms with Gasteiger partial charge in [0.25, 0.3) is 11.7 Å². The number of rotatable bonds is 11. The number of aliphatic hydroxyl groups is 1. The highest BCUT2D eigenvalue weighted by molar-refractivity contribution is 6.46. The van der Waals surface area contributed by atoms with Crippen molar-refractivity contribution in [3.63, 3.8) is 0 Å². The normalized spacial score (nSPS) is 16.1. The molecule has 1 saturated heterocycles. The van der Waals surface area contributed by atoms with Gasteiger partial charge in [0.15, 0.2) is 23.1 Å². The van der Waals surface area contributed by atoms with Gasteiger partial charge >= 0.3 is 0 Å². The number of likely N-dealkylation sites (tertiary alicyclic amines) is 1. The molecule has 216 valence electrons. The summed E-state index contributed by atoms with van der Waals surface area (Å²) in [4.78, 5) is 32.2. The first-order valence-corrected chi connectivity index (χ1v) is 13.3. The molecule has 42 heavy (non-hydrogen) atoms. The molecule has 0 saturated carbocycles. The molecule has 1 aromatic heterocycles. The van der Waals surface area contributed by atoms with Crippen molar-refractivity contribution in [3.8, 4) is 17.2 Å². The summed E-state index contributed by atoms with van der Waals surface area (Å²) in [6.45, 7) is 1.09. The molecule has 1 aliphatic heterocycles. The number of carbonyl (C=O) groups excluding carboxylic acids is 2. The number of Topliss-reactive ketones (excluding diaryl/α,β-unsaturated/α-hetero) is 1. The number of nitrogens with zero attached hydrogens (tertiary/aromatic N) is 3. The lowest BCUT2D eigenvalue weighted by Gasteiger charge is -2.26. The van der Waals surface area contributed by atoms with E-state index in [1.807, 2.05) is 41.1 Å². The number of methoxy groups -OCH3 is 2. The van der Waals surface area contributed by atoms with Crippen LogP contribution < -0.4 is 14.2 Å². The van der Waals surface area contributed by atoms with E-state index in [1.54, 1.807) is 30.7 Å². The molecule has 5 rings (SSSR count). The van der Waals surface area contributed by atoms with Crippen molar-refractivity contribution in [1.82, 2.24) is 14.5 Å². The van der Waals surface area contributed by atoms with Gasteiger partial charge in [-0.3, -0.25) is 9.59 Å². The van der Waals surface area contributed by atoms with E-state index in [4.69, 9.17) is 14.2 Å². The molecule has 1 N–H and O–H groups in total. The van der Waals surface area contributed by atoms with Gasteiger partial charge in [-0.25, -0.2) is 9.37 Å². The second-order valence-corrected chi connectivity index (χ2v) is 9.68. The summed E-state index contributed by atoms with van der Waals surface area (Å²) < 4.78 is 33.0. The predicted molar refractivity (Wildman–Crippen MR) is 153 cm³/mol. The van der Waals surface area contributed by atoms with Crippen LogP contribution >= 0.6 is 0 Å². The van der Waals surface area contributed by atoms with Gasteiger partial charge in [0.1, 0.15) is 12.4 Å². The van der Waals surface area contributed by atoms with Gasteiger partial charge in [0, 0.05) is 31.0 Å². The van der Waals surface area contributed by atoms with E-state index >= 15 is 0 Å². The Balaban J connectivity index is 1.52. The zero-order valence-corrected chi connectivity index (χ0v) is 23.2. The quantitative estimate of drug-likeness (QED) is 0.151. The fourth-order valence-corrected chi connectivity index (χ4v) is 4.98. The lowest BCUT2D eigenvalue weighted by Crippen LogP contribution is -2.31. The van der Waals surface area contributed by atoms with Crippen molar-refractivity contribution in [2.24, 2.45) is 0 Å². The van der Waals surface area contributed by atoms with Crippen LogP contribution in [0.15, 0.2) is 91.0 Å². The molecule has 10 heteroatoms. The molecule has 0 radical (unpaired) electrons. The number of aromatic nitrogens is 2. The van der Waals surface area contributed by atoms with Gasteiger partial charge in [-0.1, -0.05) is 36.4 Å². The molecule has 0 bridgehead atoms. The molecule has 0 aliphatic carbocycles. The van der Waals surface area contributed by atoms with Crippen molar-refractivity contribution in [3.05, 3.63) is 114 Å². The molecule has 0 spiro atoms. The Labute approximate surface area is 242 Å². The SMILES string of the molecule is COc1ccc(/C(O)=C2/C(=O)C(=O)N(CCCn3ccnc3)C2c2ccc(OCc3ccccc3)c(OC)c2)cc1F. The lowest BCUT2D eigenvalue weighted by molar-refractivity contribution is -0.139. The molecule has 1 amide bonds. The summed E-state index contributed by atoms with van der Waals surface area (Å²) in [5.41, 5.74) is 1.40. The van der Waals surface area contributed by atoms with E-state index < -0.39 is 29.3 Å². The molecule has 3 aromatic carbocycles. The van der Waals surface area contributed by atoms with Crippen LogP contribution in [0, 0.1) is 5.82 Å². The Bertz CT molecular complexity index is 1600. The minimum atomic E-state index is -0.949. The third kappa shape index (κ3) is 5.83. The van der Waals surface area contributed by atoms with Crippen LogP contribution in [0.4, 0.5) is 4.39 Å². The highest BCUT2D eigenvalue weighted by atomic mass is 19.1. The Morgan fingerprint density at radius 1 is 0.952 bits per heavy atom. The molecule has 1 fully saturated rings. The summed E-state index contributed by atoms with van der Waals surface area (Å²) in [6, 6.07) is 17.7. The number of hydrogen-bond acceptors (Lipinski definition) is 7. The molecule has 4 aromatic rings. The standard InChI is InChI=1S/C32H30FN3O6/c1-40-25-11-10-23(17-24(25)33)30(37)28-29(36(32(39)31(28)38)15-6-14-35-16-13-34-20-35)22-9-12-26(27(18-22)41-2)42-19-21-7-4-3-5-8-21/h3-5,7-13,16-18,20,29,37H,6,14-15,19H2,1-2H3/b30-28-. The Morgan fingerprint density at radius 3 is 2.40 bits per heavy atom. The number of hydrogen-bond donors (Lipinski definition) is 1. The fourth-order valence-electron chi connectivity index (χ4n) is 4.98. The lowest BCUT2D eigenvalue weighted by atomic mass is 9.94. The predicted octanol–water partition coefficient (Wildman–Crippen LogP) is 5.13. The third-order valence-electron chi connectivity index (χ3n) is 7.08. The van der Waals surface area contributed by atoms with Crippen molar-refractivity contribution in [2.45, 2.75) is 25.6 Å². The molecule has 1 atom stereocenters. The number of imidazole rings is 1. The molecule has 1 unspecified atom stereocenters. The zero-order valence-electron chi connectivity index (χ0n) is 23.2. The number of benzene rings is 3. The zero-order chi connectivity index (χ0) is 29.6. The van der Waals surface area contributed by atoms with Gasteiger partial charge in [0.05, 0.1) is 32.2 Å². The van der Waals surface area contributed by atoms with E-state index in [0.29, 0.717) is 36.6 Å². The van der Waals surface area contributed by atoms with E-state index in [9.17, 15) is 19.1 Å². The van der Waals surface area contributed by atoms with Gasteiger partial charge in [-0.15, -0.1) is 0 Å². The average Bonchev–Trinajstić information content (AvgIpc) is 3.62. The minimum Gasteiger partial charge on any atom is -0.507 e. The van der Waals surface area contributed by atoms with Crippen LogP contribution in [-0.2, 0) is 22.7 Å². The van der Waals surface area contributed by atoms with Crippen molar-refractivity contribution >= 4 is 17.4 Å². The van der Waals surface area contributed by atoms with Crippen molar-refractivity contribution < 1.29 is 33.3 Å². The van der Waals surface area contributed by atoms with Crippen LogP contribution in [0.25, 0.3) is 5.76 Å². The number of amides is 1. The van der Waals surface area contributed by atoms with E-state index in [-0.39, 0.29) is 23.4 Å². The number of halogens is 1. The summed E-state index contributed by atoms with van der Waals surface area (Å²) in [7, 11) is 2.82. The number of aryl methyl sites for hydroxylation is 1. The van der Waals surface area contributed by atoms with Crippen LogP contribution in [0.2, 0.25) is 0 Å². The van der Waals surface area contributed by atoms with Gasteiger partial charge in [-0.05, 0) is 47.9 Å². The fraction of sp³-hybridized carbons (Fsp3) is 0.219. The second kappa shape index (κ2) is 12.6. The molecule has 2 heterocycles. The van der Waals surface area contributed by atoms with Gasteiger partial charge in [0.2, 0.25) is 0 Å². The Morgan fingerprint density at radius 2 is 1.71 bits per heavy atom. The van der Waals surface area contributed by atoms with Crippen molar-refractivity contribution in [1.29, 1.82) is 0 Å². The molecule has 9 nitrogen and oxygen atoms in total. The summed E-state index contributed by atoms with van der Waals surface area (Å²) >= 11 is 0. The average molecular weight is 572 g/mol. The van der Waals surface area contributed by atoms with E-state index in [1.165, 1.54) is 31.3 Å². The Kier molecular flexibility index (Phi) is 8.52. The monoisotopic (exact) mass is 571 g/mol. The first kappa shape index (κ1) is 28.4. The first-order chi connectivity index (χ1) is 20.4. The van der Waals surface area contributed by atoms with E-state index in [0.717, 1.165) is 11.6 Å². The van der Waals surface area contributed by atoms with Crippen LogP contribution in [0.3, 0.4) is 0 Å². The maximum atomic E-state index is 14.5. The van der Waals surface area contributed by atoms with Crippen LogP contribution in [0.5, 0.6) is 17.2 Å². The number of carbonyl (C=O) groups is 2. The van der Waals surface area contributed by atoms with Crippen LogP contribution in [-0.4, -0.2) is 52.0 Å². The summed E-state index contributed by atoms with van der Waals surface area (Å²) in [5, 5.41) is 11.3. The highest BCUT2D eigenvalue weighted by Gasteiger charge is 2.46. The largest absolute Gasteiger partial charge is 0.507 e. The van der Waals surface area contributed by atoms with Gasteiger partial charge < -0.3 is 28.8 Å². The van der Waals surface area contributed by atoms with E-state index in [2.05, 4.69) is 4.98 Å². The smallest absolute Gasteiger partial charge is 0.295 e. The Hall–Kier alpha value is -5.12. The summed E-state index contributed by atoms with van der Waals surface area (Å²) in [6.07, 6.45) is 5.66. The second-order valence-electron chi connectivity index (χ2n) is 9.68. The molecular weight excluding hydrogens is 541 g/mol. The number of ketones is 1. The summed E-state index contributed by atoms with van der Waals surface area (Å²) in [5.74, 6) is -1.97. The maximum Gasteiger partial charge on any atom is 0.295 e. The topological polar surface area (TPSA) is 103 Å². The van der Waals surface area contributed by atoms with Crippen molar-refractivity contribution in [2.75, 3.05) is 20.8 Å². The number of ether oxygens (including phenoxy) is 3. The molecular formula is C32H30FN3O6. The number of aliphatic hydroxyl groups excluding tert-OH is 1. The van der Waals surface area contributed by atoms with Crippen LogP contribution in [0.1, 0.15) is 29.2 Å². The highest BCUT2D eigenvalue weighted by Crippen LogP contribution is 2.42. The third-order valence-corrected chi connectivity index (χ3v) is 7.08. The van der Waals surface area contributed by atoms with Gasteiger partial charge in [-0.2, -0.15) is 0 Å². The molecule has 1 aliphatic rings.